The first-order valence-electron chi connectivity index (χ1n) is 5.93. The molecule has 19 heavy (non-hydrogen) atoms. The summed E-state index contributed by atoms with van der Waals surface area (Å²) in [5.74, 6) is 6.48. The normalized spacial score (nSPS) is 12.2. The van der Waals surface area contributed by atoms with Crippen LogP contribution in [0.3, 0.4) is 0 Å². The molecule has 1 heterocycles. The smallest absolute Gasteiger partial charge is 0.124 e. The highest BCUT2D eigenvalue weighted by Gasteiger charge is 2.15. The minimum Gasteiger partial charge on any atom is -0.496 e. The van der Waals surface area contributed by atoms with E-state index in [1.807, 2.05) is 36.5 Å². The molecule has 0 saturated heterocycles. The number of pyridine rings is 1. The van der Waals surface area contributed by atoms with Crippen LogP contribution < -0.4 is 16.0 Å². The van der Waals surface area contributed by atoms with Gasteiger partial charge in [0.05, 0.1) is 13.2 Å². The highest BCUT2D eigenvalue weighted by molar-refractivity contribution is 9.10. The second kappa shape index (κ2) is 6.65. The van der Waals surface area contributed by atoms with E-state index in [4.69, 9.17) is 10.6 Å². The van der Waals surface area contributed by atoms with Crippen molar-refractivity contribution in [2.45, 2.75) is 12.5 Å². The second-order valence-electron chi connectivity index (χ2n) is 4.17. The van der Waals surface area contributed by atoms with Gasteiger partial charge in [-0.15, -0.1) is 0 Å². The van der Waals surface area contributed by atoms with Crippen LogP contribution >= 0.6 is 15.9 Å². The fraction of sp³-hybridized carbons (Fsp3) is 0.214. The van der Waals surface area contributed by atoms with Crippen molar-refractivity contribution in [2.75, 3.05) is 7.11 Å². The van der Waals surface area contributed by atoms with Gasteiger partial charge in [-0.3, -0.25) is 16.3 Å². The van der Waals surface area contributed by atoms with Crippen molar-refractivity contribution in [2.24, 2.45) is 5.84 Å². The average molecular weight is 322 g/mol. The number of hydrogen-bond acceptors (Lipinski definition) is 4. The van der Waals surface area contributed by atoms with E-state index in [2.05, 4.69) is 26.3 Å². The molecule has 4 nitrogen and oxygen atoms in total. The third-order valence-corrected chi connectivity index (χ3v) is 3.43. The van der Waals surface area contributed by atoms with E-state index in [0.717, 1.165) is 27.8 Å². The lowest BCUT2D eigenvalue weighted by Gasteiger charge is -2.19. The van der Waals surface area contributed by atoms with Crippen molar-refractivity contribution in [1.82, 2.24) is 10.4 Å². The molecule has 1 aromatic carbocycles. The van der Waals surface area contributed by atoms with Gasteiger partial charge in [-0.1, -0.05) is 28.1 Å². The average Bonchev–Trinajstić information content (AvgIpc) is 2.46. The Morgan fingerprint density at radius 1 is 1.42 bits per heavy atom. The standard InChI is InChI=1S/C14H16BrN3O/c1-19-14-8-11(15)4-5-12(14)13(18-16)7-10-3-2-6-17-9-10/h2-6,8-9,13,18H,7,16H2,1H3. The Labute approximate surface area is 121 Å². The van der Waals surface area contributed by atoms with Crippen molar-refractivity contribution in [3.05, 3.63) is 58.3 Å². The topological polar surface area (TPSA) is 60.2 Å². The molecule has 0 aliphatic rings. The molecule has 0 fully saturated rings. The van der Waals surface area contributed by atoms with Gasteiger partial charge in [0.15, 0.2) is 0 Å². The molecule has 2 rings (SSSR count). The molecule has 0 bridgehead atoms. The van der Waals surface area contributed by atoms with Crippen LogP contribution in [0.25, 0.3) is 0 Å². The number of aromatic nitrogens is 1. The van der Waals surface area contributed by atoms with Crippen LogP contribution in [-0.4, -0.2) is 12.1 Å². The van der Waals surface area contributed by atoms with E-state index < -0.39 is 0 Å². The number of nitrogens with zero attached hydrogens (tertiary/aromatic N) is 1. The predicted octanol–water partition coefficient (Wildman–Crippen LogP) is 2.60. The maximum absolute atomic E-state index is 5.68. The van der Waals surface area contributed by atoms with Crippen LogP contribution in [0.5, 0.6) is 5.75 Å². The predicted molar refractivity (Wildman–Crippen MR) is 78.7 cm³/mol. The number of benzene rings is 1. The number of hydrogen-bond donors (Lipinski definition) is 2. The van der Waals surface area contributed by atoms with Gasteiger partial charge in [-0.05, 0) is 30.2 Å². The molecule has 3 N–H and O–H groups in total. The van der Waals surface area contributed by atoms with Crippen LogP contribution in [0.4, 0.5) is 0 Å². The monoisotopic (exact) mass is 321 g/mol. The number of rotatable bonds is 5. The first-order chi connectivity index (χ1) is 9.24. The molecule has 2 aromatic rings. The zero-order valence-corrected chi connectivity index (χ0v) is 12.2. The number of nitrogens with one attached hydrogen (secondary N) is 1. The number of halogens is 1. The van der Waals surface area contributed by atoms with E-state index in [0.29, 0.717) is 0 Å². The minimum atomic E-state index is -0.0211. The first kappa shape index (κ1) is 14.0. The van der Waals surface area contributed by atoms with Crippen molar-refractivity contribution >= 4 is 15.9 Å². The molecular weight excluding hydrogens is 306 g/mol. The lowest BCUT2D eigenvalue weighted by Crippen LogP contribution is -2.30. The van der Waals surface area contributed by atoms with Gasteiger partial charge in [0.2, 0.25) is 0 Å². The minimum absolute atomic E-state index is 0.0211. The quantitative estimate of drug-likeness (QED) is 0.656. The summed E-state index contributed by atoms with van der Waals surface area (Å²) in [7, 11) is 1.66. The molecule has 1 atom stereocenters. The lowest BCUT2D eigenvalue weighted by atomic mass is 9.99. The molecule has 0 saturated carbocycles. The Morgan fingerprint density at radius 3 is 2.89 bits per heavy atom. The summed E-state index contributed by atoms with van der Waals surface area (Å²) in [5.41, 5.74) is 4.98. The summed E-state index contributed by atoms with van der Waals surface area (Å²) in [6, 6.07) is 9.84. The summed E-state index contributed by atoms with van der Waals surface area (Å²) >= 11 is 3.43. The third kappa shape index (κ3) is 3.53. The Morgan fingerprint density at radius 2 is 2.26 bits per heavy atom. The Hall–Kier alpha value is -1.43. The summed E-state index contributed by atoms with van der Waals surface area (Å²) in [6.07, 6.45) is 4.35. The van der Waals surface area contributed by atoms with E-state index in [9.17, 15) is 0 Å². The fourth-order valence-electron chi connectivity index (χ4n) is 1.99. The zero-order chi connectivity index (χ0) is 13.7. The molecule has 1 aromatic heterocycles. The van der Waals surface area contributed by atoms with Crippen LogP contribution in [0.15, 0.2) is 47.2 Å². The second-order valence-corrected chi connectivity index (χ2v) is 5.09. The van der Waals surface area contributed by atoms with Gasteiger partial charge in [-0.25, -0.2) is 0 Å². The van der Waals surface area contributed by atoms with Gasteiger partial charge >= 0.3 is 0 Å². The SMILES string of the molecule is COc1cc(Br)ccc1C(Cc1cccnc1)NN. The molecule has 5 heteroatoms. The van der Waals surface area contributed by atoms with Crippen molar-refractivity contribution in [3.63, 3.8) is 0 Å². The van der Waals surface area contributed by atoms with Crippen LogP contribution in [-0.2, 0) is 6.42 Å². The molecule has 0 spiro atoms. The largest absolute Gasteiger partial charge is 0.496 e. The van der Waals surface area contributed by atoms with Gasteiger partial charge in [-0.2, -0.15) is 0 Å². The maximum Gasteiger partial charge on any atom is 0.124 e. The highest BCUT2D eigenvalue weighted by atomic mass is 79.9. The van der Waals surface area contributed by atoms with Gasteiger partial charge in [0.1, 0.15) is 5.75 Å². The van der Waals surface area contributed by atoms with Crippen LogP contribution in [0.2, 0.25) is 0 Å². The Kier molecular flexibility index (Phi) is 4.90. The zero-order valence-electron chi connectivity index (χ0n) is 10.6. The van der Waals surface area contributed by atoms with Gasteiger partial charge in [0, 0.05) is 22.4 Å². The van der Waals surface area contributed by atoms with Gasteiger partial charge < -0.3 is 4.74 Å². The van der Waals surface area contributed by atoms with Crippen molar-refractivity contribution < 1.29 is 4.74 Å². The van der Waals surface area contributed by atoms with Crippen molar-refractivity contribution in [1.29, 1.82) is 0 Å². The first-order valence-corrected chi connectivity index (χ1v) is 6.72. The van der Waals surface area contributed by atoms with E-state index in [1.54, 1.807) is 13.3 Å². The third-order valence-electron chi connectivity index (χ3n) is 2.93. The molecule has 1 unspecified atom stereocenters. The molecule has 100 valence electrons. The van der Waals surface area contributed by atoms with E-state index in [1.165, 1.54) is 0 Å². The number of methoxy groups -OCH3 is 1. The Balaban J connectivity index is 2.27. The van der Waals surface area contributed by atoms with Crippen molar-refractivity contribution in [3.8, 4) is 5.75 Å². The van der Waals surface area contributed by atoms with Gasteiger partial charge in [0.25, 0.3) is 0 Å². The summed E-state index contributed by atoms with van der Waals surface area (Å²) < 4.78 is 6.38. The summed E-state index contributed by atoms with van der Waals surface area (Å²) in [4.78, 5) is 4.12. The fourth-order valence-corrected chi connectivity index (χ4v) is 2.33. The van der Waals surface area contributed by atoms with E-state index in [-0.39, 0.29) is 6.04 Å². The molecule has 0 radical (unpaired) electrons. The number of nitrogens with two attached hydrogens (primary N) is 1. The molecular formula is C14H16BrN3O. The summed E-state index contributed by atoms with van der Waals surface area (Å²) in [6.45, 7) is 0. The maximum atomic E-state index is 5.68. The molecule has 0 aliphatic heterocycles. The Bertz CT molecular complexity index is 533. The van der Waals surface area contributed by atoms with Crippen LogP contribution in [0, 0.1) is 0 Å². The number of hydrazine groups is 1. The summed E-state index contributed by atoms with van der Waals surface area (Å²) in [5, 5.41) is 0. The van der Waals surface area contributed by atoms with Crippen LogP contribution in [0.1, 0.15) is 17.2 Å². The van der Waals surface area contributed by atoms with E-state index >= 15 is 0 Å². The molecule has 0 aliphatic carbocycles. The highest BCUT2D eigenvalue weighted by Crippen LogP contribution is 2.29. The lowest BCUT2D eigenvalue weighted by molar-refractivity contribution is 0.398. The molecule has 0 amide bonds. The number of ether oxygens (including phenoxy) is 1.